The molecular formula is C11H15N3O2S. The molecule has 0 saturated carbocycles. The van der Waals surface area contributed by atoms with Crippen molar-refractivity contribution in [2.75, 3.05) is 11.9 Å². The van der Waals surface area contributed by atoms with Crippen LogP contribution in [0.1, 0.15) is 19.8 Å². The first-order valence-corrected chi connectivity index (χ1v) is 5.84. The Kier molecular flexibility index (Phi) is 5.35. The lowest BCUT2D eigenvalue weighted by Crippen LogP contribution is -2.29. The average Bonchev–Trinajstić information content (AvgIpc) is 2.29. The van der Waals surface area contributed by atoms with Gasteiger partial charge in [-0.1, -0.05) is 25.5 Å². The highest BCUT2D eigenvalue weighted by Crippen LogP contribution is 2.22. The molecule has 6 heteroatoms. The summed E-state index contributed by atoms with van der Waals surface area (Å²) >= 11 is 5.05. The van der Waals surface area contributed by atoms with E-state index in [-0.39, 0.29) is 5.69 Å². The van der Waals surface area contributed by atoms with Gasteiger partial charge in [-0.25, -0.2) is 0 Å². The fourth-order valence-corrected chi connectivity index (χ4v) is 1.50. The Balaban J connectivity index is 2.61. The van der Waals surface area contributed by atoms with Gasteiger partial charge in [-0.15, -0.1) is 0 Å². The zero-order valence-corrected chi connectivity index (χ0v) is 10.4. The number of rotatable bonds is 5. The van der Waals surface area contributed by atoms with E-state index in [1.54, 1.807) is 18.2 Å². The summed E-state index contributed by atoms with van der Waals surface area (Å²) in [6.45, 7) is 2.85. The Bertz CT molecular complexity index is 409. The van der Waals surface area contributed by atoms with Gasteiger partial charge in [0.1, 0.15) is 5.69 Å². The van der Waals surface area contributed by atoms with Crippen molar-refractivity contribution in [1.29, 1.82) is 0 Å². The number of benzene rings is 1. The van der Waals surface area contributed by atoms with Crippen LogP contribution in [0, 0.1) is 10.1 Å². The molecule has 1 rings (SSSR count). The smallest absolute Gasteiger partial charge is 0.292 e. The summed E-state index contributed by atoms with van der Waals surface area (Å²) in [7, 11) is 0. The van der Waals surface area contributed by atoms with Crippen molar-refractivity contribution < 1.29 is 4.92 Å². The number of thiocarbonyl (C=S) groups is 1. The van der Waals surface area contributed by atoms with E-state index < -0.39 is 4.92 Å². The van der Waals surface area contributed by atoms with Gasteiger partial charge in [-0.3, -0.25) is 10.1 Å². The van der Waals surface area contributed by atoms with Gasteiger partial charge in [0.05, 0.1) is 4.92 Å². The van der Waals surface area contributed by atoms with E-state index in [0.29, 0.717) is 10.8 Å². The Morgan fingerprint density at radius 3 is 2.82 bits per heavy atom. The molecule has 0 fully saturated rings. The first-order valence-electron chi connectivity index (χ1n) is 5.43. The van der Waals surface area contributed by atoms with E-state index >= 15 is 0 Å². The van der Waals surface area contributed by atoms with E-state index in [1.165, 1.54) is 6.07 Å². The summed E-state index contributed by atoms with van der Waals surface area (Å²) in [4.78, 5) is 10.3. The molecule has 1 aromatic rings. The van der Waals surface area contributed by atoms with E-state index in [4.69, 9.17) is 12.2 Å². The monoisotopic (exact) mass is 253 g/mol. The van der Waals surface area contributed by atoms with Gasteiger partial charge >= 0.3 is 0 Å². The molecule has 0 heterocycles. The Hall–Kier alpha value is -1.69. The van der Waals surface area contributed by atoms with Gasteiger partial charge in [-0.2, -0.15) is 0 Å². The van der Waals surface area contributed by atoms with E-state index in [0.717, 1.165) is 19.4 Å². The number of nitro groups is 1. The molecule has 0 aliphatic heterocycles. The molecule has 0 aliphatic rings. The molecule has 17 heavy (non-hydrogen) atoms. The van der Waals surface area contributed by atoms with Crippen LogP contribution < -0.4 is 10.6 Å². The van der Waals surface area contributed by atoms with Crippen LogP contribution in [-0.4, -0.2) is 16.6 Å². The number of nitro benzene ring substituents is 1. The van der Waals surface area contributed by atoms with Crippen molar-refractivity contribution in [3.63, 3.8) is 0 Å². The zero-order valence-electron chi connectivity index (χ0n) is 9.60. The lowest BCUT2D eigenvalue weighted by molar-refractivity contribution is -0.383. The van der Waals surface area contributed by atoms with E-state index in [1.807, 2.05) is 0 Å². The molecule has 0 aliphatic carbocycles. The minimum Gasteiger partial charge on any atom is -0.362 e. The molecule has 0 bridgehead atoms. The highest BCUT2D eigenvalue weighted by Gasteiger charge is 2.12. The van der Waals surface area contributed by atoms with Crippen LogP contribution in [-0.2, 0) is 0 Å². The zero-order chi connectivity index (χ0) is 12.7. The second-order valence-electron chi connectivity index (χ2n) is 3.51. The minimum atomic E-state index is -0.434. The number of unbranched alkanes of at least 4 members (excludes halogenated alkanes) is 1. The molecule has 5 nitrogen and oxygen atoms in total. The maximum Gasteiger partial charge on any atom is 0.292 e. The third kappa shape index (κ3) is 4.36. The minimum absolute atomic E-state index is 0.0205. The second-order valence-corrected chi connectivity index (χ2v) is 3.92. The van der Waals surface area contributed by atoms with Crippen molar-refractivity contribution >= 4 is 28.7 Å². The van der Waals surface area contributed by atoms with E-state index in [2.05, 4.69) is 17.6 Å². The summed E-state index contributed by atoms with van der Waals surface area (Å²) < 4.78 is 0. The van der Waals surface area contributed by atoms with Crippen LogP contribution in [0.25, 0.3) is 0 Å². The molecule has 0 amide bonds. The normalized spacial score (nSPS) is 9.71. The average molecular weight is 253 g/mol. The fraction of sp³-hybridized carbons (Fsp3) is 0.364. The molecule has 0 aromatic heterocycles. The summed E-state index contributed by atoms with van der Waals surface area (Å²) in [5.74, 6) is 0. The Labute approximate surface area is 105 Å². The lowest BCUT2D eigenvalue weighted by Gasteiger charge is -2.09. The predicted molar refractivity (Wildman–Crippen MR) is 72.2 cm³/mol. The second kappa shape index (κ2) is 6.80. The third-order valence-electron chi connectivity index (χ3n) is 2.16. The van der Waals surface area contributed by atoms with Crippen LogP contribution in [0.15, 0.2) is 24.3 Å². The maximum absolute atomic E-state index is 10.8. The number of nitrogens with zero attached hydrogens (tertiary/aromatic N) is 1. The van der Waals surface area contributed by atoms with E-state index in [9.17, 15) is 10.1 Å². The molecule has 0 unspecified atom stereocenters. The molecule has 1 aromatic carbocycles. The number of para-hydroxylation sites is 2. The quantitative estimate of drug-likeness (QED) is 0.365. The van der Waals surface area contributed by atoms with Gasteiger partial charge < -0.3 is 10.6 Å². The van der Waals surface area contributed by atoms with Crippen LogP contribution in [0.3, 0.4) is 0 Å². The van der Waals surface area contributed by atoms with Crippen LogP contribution in [0.2, 0.25) is 0 Å². The summed E-state index contributed by atoms with van der Waals surface area (Å²) in [5.41, 5.74) is 0.429. The topological polar surface area (TPSA) is 67.2 Å². The third-order valence-corrected chi connectivity index (χ3v) is 2.41. The van der Waals surface area contributed by atoms with Gasteiger partial charge in [0.2, 0.25) is 0 Å². The van der Waals surface area contributed by atoms with Gasteiger partial charge in [0, 0.05) is 12.6 Å². The van der Waals surface area contributed by atoms with Crippen LogP contribution in [0.5, 0.6) is 0 Å². The number of hydrogen-bond acceptors (Lipinski definition) is 3. The Morgan fingerprint density at radius 2 is 2.18 bits per heavy atom. The number of anilines is 1. The maximum atomic E-state index is 10.8. The first kappa shape index (κ1) is 13.4. The molecule has 0 spiro atoms. The molecule has 0 radical (unpaired) electrons. The Morgan fingerprint density at radius 1 is 1.47 bits per heavy atom. The van der Waals surface area contributed by atoms with Gasteiger partial charge in [0.15, 0.2) is 5.11 Å². The number of nitrogens with one attached hydrogen (secondary N) is 2. The molecule has 2 N–H and O–H groups in total. The van der Waals surface area contributed by atoms with Gasteiger partial charge in [0.25, 0.3) is 5.69 Å². The highest BCUT2D eigenvalue weighted by molar-refractivity contribution is 7.80. The van der Waals surface area contributed by atoms with Crippen molar-refractivity contribution in [1.82, 2.24) is 5.32 Å². The van der Waals surface area contributed by atoms with Crippen LogP contribution in [0.4, 0.5) is 11.4 Å². The predicted octanol–water partition coefficient (Wildman–Crippen LogP) is 2.68. The highest BCUT2D eigenvalue weighted by atomic mass is 32.1. The summed E-state index contributed by atoms with van der Waals surface area (Å²) in [6, 6.07) is 6.42. The molecular weight excluding hydrogens is 238 g/mol. The number of hydrogen-bond donors (Lipinski definition) is 2. The molecule has 0 atom stereocenters. The van der Waals surface area contributed by atoms with Crippen molar-refractivity contribution in [3.05, 3.63) is 34.4 Å². The fourth-order valence-electron chi connectivity index (χ4n) is 1.28. The first-order chi connectivity index (χ1) is 8.15. The standard InChI is InChI=1S/C11H15N3O2S/c1-2-3-8-12-11(17)13-9-6-4-5-7-10(9)14(15)16/h4-7H,2-3,8H2,1H3,(H2,12,13,17). The lowest BCUT2D eigenvalue weighted by atomic mass is 10.3. The van der Waals surface area contributed by atoms with Crippen LogP contribution >= 0.6 is 12.2 Å². The van der Waals surface area contributed by atoms with Gasteiger partial charge in [-0.05, 0) is 24.7 Å². The SMILES string of the molecule is CCCCNC(=S)Nc1ccccc1[N+](=O)[O-]. The summed E-state index contributed by atoms with van der Waals surface area (Å²) in [5, 5.41) is 17.0. The largest absolute Gasteiger partial charge is 0.362 e. The van der Waals surface area contributed by atoms with Crippen molar-refractivity contribution in [2.24, 2.45) is 0 Å². The molecule has 0 saturated heterocycles. The van der Waals surface area contributed by atoms with Crippen molar-refractivity contribution in [3.8, 4) is 0 Å². The summed E-state index contributed by atoms with van der Waals surface area (Å²) in [6.07, 6.45) is 2.08. The van der Waals surface area contributed by atoms with Crippen molar-refractivity contribution in [2.45, 2.75) is 19.8 Å². The molecule has 92 valence electrons.